The summed E-state index contributed by atoms with van der Waals surface area (Å²) < 4.78 is 0. The summed E-state index contributed by atoms with van der Waals surface area (Å²) in [7, 11) is 0. The van der Waals surface area contributed by atoms with Gasteiger partial charge in [0.05, 0.1) is 10.5 Å². The summed E-state index contributed by atoms with van der Waals surface area (Å²) in [5.41, 5.74) is 1.21. The highest BCUT2D eigenvalue weighted by atomic mass is 16.6. The van der Waals surface area contributed by atoms with Crippen LogP contribution < -0.4 is 10.6 Å². The van der Waals surface area contributed by atoms with Crippen molar-refractivity contribution >= 4 is 11.6 Å². The minimum Gasteiger partial charge on any atom is -0.351 e. The number of nitrogens with one attached hydrogen (secondary N) is 2. The van der Waals surface area contributed by atoms with Crippen LogP contribution in [0.3, 0.4) is 0 Å². The van der Waals surface area contributed by atoms with E-state index in [4.69, 9.17) is 0 Å². The van der Waals surface area contributed by atoms with Crippen molar-refractivity contribution in [3.05, 3.63) is 70.0 Å². The van der Waals surface area contributed by atoms with Crippen LogP contribution in [-0.2, 0) is 6.54 Å². The third-order valence-corrected chi connectivity index (χ3v) is 3.01. The number of hydrogen-bond acceptors (Lipinski definition) is 5. The zero-order valence-corrected chi connectivity index (χ0v) is 11.9. The van der Waals surface area contributed by atoms with Crippen molar-refractivity contribution in [2.75, 3.05) is 13.1 Å². The molecular formula is C15H16N4O3. The lowest BCUT2D eigenvalue weighted by Gasteiger charge is -2.07. The Hall–Kier alpha value is -2.80. The predicted octanol–water partition coefficient (Wildman–Crippen LogP) is 1.51. The number of para-hydroxylation sites is 1. The molecule has 0 unspecified atom stereocenters. The summed E-state index contributed by atoms with van der Waals surface area (Å²) in [6.07, 6.45) is 3.10. The summed E-state index contributed by atoms with van der Waals surface area (Å²) in [5.74, 6) is -0.194. The fraction of sp³-hybridized carbons (Fsp3) is 0.200. The zero-order valence-electron chi connectivity index (χ0n) is 11.9. The Labute approximate surface area is 127 Å². The number of carbonyl (C=O) groups is 1. The van der Waals surface area contributed by atoms with E-state index < -0.39 is 4.92 Å². The summed E-state index contributed by atoms with van der Waals surface area (Å²) in [4.78, 5) is 26.1. The number of nitro groups is 1. The molecule has 1 aromatic carbocycles. The van der Waals surface area contributed by atoms with Crippen molar-refractivity contribution in [1.82, 2.24) is 15.6 Å². The van der Waals surface area contributed by atoms with Gasteiger partial charge in [0.1, 0.15) is 0 Å². The standard InChI is InChI=1S/C15H16N4O3/c20-15(13-5-3-7-16-11-13)18-9-8-17-10-12-4-1-2-6-14(12)19(21)22/h1-7,11,17H,8-10H2,(H,18,20). The Balaban J connectivity index is 1.74. The van der Waals surface area contributed by atoms with Gasteiger partial charge in [0.15, 0.2) is 0 Å². The lowest BCUT2D eigenvalue weighted by Crippen LogP contribution is -2.31. The molecule has 1 amide bonds. The summed E-state index contributed by atoms with van der Waals surface area (Å²) in [6.45, 7) is 1.31. The highest BCUT2D eigenvalue weighted by Crippen LogP contribution is 2.16. The van der Waals surface area contributed by atoms with Crippen LogP contribution in [0.15, 0.2) is 48.8 Å². The van der Waals surface area contributed by atoms with E-state index in [2.05, 4.69) is 15.6 Å². The van der Waals surface area contributed by atoms with Crippen LogP contribution in [0.2, 0.25) is 0 Å². The van der Waals surface area contributed by atoms with Gasteiger partial charge in [-0.25, -0.2) is 0 Å². The number of benzene rings is 1. The van der Waals surface area contributed by atoms with Crippen LogP contribution in [0.1, 0.15) is 15.9 Å². The number of pyridine rings is 1. The Morgan fingerprint density at radius 1 is 1.18 bits per heavy atom. The third kappa shape index (κ3) is 4.35. The van der Waals surface area contributed by atoms with Crippen molar-refractivity contribution in [2.45, 2.75) is 6.54 Å². The second-order valence-corrected chi connectivity index (χ2v) is 4.56. The minimum absolute atomic E-state index is 0.0920. The topological polar surface area (TPSA) is 97.2 Å². The fourth-order valence-electron chi connectivity index (χ4n) is 1.93. The lowest BCUT2D eigenvalue weighted by atomic mass is 10.2. The van der Waals surface area contributed by atoms with E-state index >= 15 is 0 Å². The molecule has 7 heteroatoms. The zero-order chi connectivity index (χ0) is 15.8. The maximum absolute atomic E-state index is 11.8. The van der Waals surface area contributed by atoms with Gasteiger partial charge in [-0.05, 0) is 12.1 Å². The van der Waals surface area contributed by atoms with Crippen molar-refractivity contribution in [3.63, 3.8) is 0 Å². The van der Waals surface area contributed by atoms with E-state index in [1.807, 2.05) is 0 Å². The molecule has 2 N–H and O–H groups in total. The number of rotatable bonds is 7. The van der Waals surface area contributed by atoms with Crippen LogP contribution in [0.25, 0.3) is 0 Å². The van der Waals surface area contributed by atoms with E-state index in [0.717, 1.165) is 0 Å². The van der Waals surface area contributed by atoms with Gasteiger partial charge in [-0.2, -0.15) is 0 Å². The molecule has 0 atom stereocenters. The molecule has 0 aliphatic rings. The SMILES string of the molecule is O=C(NCCNCc1ccccc1[N+](=O)[O-])c1cccnc1. The minimum atomic E-state index is -0.402. The average Bonchev–Trinajstić information content (AvgIpc) is 2.55. The molecular weight excluding hydrogens is 284 g/mol. The molecule has 1 heterocycles. The van der Waals surface area contributed by atoms with Crippen LogP contribution in [0, 0.1) is 10.1 Å². The maximum atomic E-state index is 11.8. The van der Waals surface area contributed by atoms with E-state index in [9.17, 15) is 14.9 Å². The summed E-state index contributed by atoms with van der Waals surface area (Å²) >= 11 is 0. The quantitative estimate of drug-likeness (QED) is 0.459. The van der Waals surface area contributed by atoms with Gasteiger partial charge >= 0.3 is 0 Å². The molecule has 0 saturated heterocycles. The van der Waals surface area contributed by atoms with Crippen LogP contribution in [-0.4, -0.2) is 28.9 Å². The van der Waals surface area contributed by atoms with Crippen LogP contribution >= 0.6 is 0 Å². The van der Waals surface area contributed by atoms with Crippen molar-refractivity contribution < 1.29 is 9.72 Å². The highest BCUT2D eigenvalue weighted by molar-refractivity contribution is 5.93. The first kappa shape index (κ1) is 15.6. The fourth-order valence-corrected chi connectivity index (χ4v) is 1.93. The molecule has 0 saturated carbocycles. The number of nitro benzene ring substituents is 1. The Bertz CT molecular complexity index is 646. The summed E-state index contributed by atoms with van der Waals surface area (Å²) in [5, 5.41) is 16.7. The Morgan fingerprint density at radius 2 is 2.00 bits per heavy atom. The number of amides is 1. The van der Waals surface area contributed by atoms with Crippen molar-refractivity contribution in [1.29, 1.82) is 0 Å². The average molecular weight is 300 g/mol. The van der Waals surface area contributed by atoms with E-state index in [1.54, 1.807) is 36.5 Å². The molecule has 0 radical (unpaired) electrons. The van der Waals surface area contributed by atoms with Crippen LogP contribution in [0.5, 0.6) is 0 Å². The van der Waals surface area contributed by atoms with Gasteiger partial charge in [-0.15, -0.1) is 0 Å². The van der Waals surface area contributed by atoms with Gasteiger partial charge in [0, 0.05) is 43.7 Å². The molecule has 1 aromatic heterocycles. The van der Waals surface area contributed by atoms with Gasteiger partial charge in [-0.3, -0.25) is 19.9 Å². The molecule has 0 bridgehead atoms. The molecule has 22 heavy (non-hydrogen) atoms. The first-order chi connectivity index (χ1) is 10.7. The number of aromatic nitrogens is 1. The maximum Gasteiger partial charge on any atom is 0.273 e. The number of hydrogen-bond donors (Lipinski definition) is 2. The second kappa shape index (κ2) is 7.84. The van der Waals surface area contributed by atoms with E-state index in [1.165, 1.54) is 12.3 Å². The second-order valence-electron chi connectivity index (χ2n) is 4.56. The van der Waals surface area contributed by atoms with Gasteiger partial charge in [0.2, 0.25) is 0 Å². The normalized spacial score (nSPS) is 10.2. The molecule has 0 spiro atoms. The Kier molecular flexibility index (Phi) is 5.56. The largest absolute Gasteiger partial charge is 0.351 e. The molecule has 0 aliphatic heterocycles. The van der Waals surface area contributed by atoms with Crippen molar-refractivity contribution in [3.8, 4) is 0 Å². The third-order valence-electron chi connectivity index (χ3n) is 3.01. The van der Waals surface area contributed by atoms with Crippen LogP contribution in [0.4, 0.5) is 5.69 Å². The monoisotopic (exact) mass is 300 g/mol. The molecule has 0 aliphatic carbocycles. The lowest BCUT2D eigenvalue weighted by molar-refractivity contribution is -0.385. The van der Waals surface area contributed by atoms with Gasteiger partial charge in [-0.1, -0.05) is 18.2 Å². The first-order valence-electron chi connectivity index (χ1n) is 6.79. The summed E-state index contributed by atoms with van der Waals surface area (Å²) in [6, 6.07) is 9.95. The molecule has 0 fully saturated rings. The van der Waals surface area contributed by atoms with Crippen molar-refractivity contribution in [2.24, 2.45) is 0 Å². The highest BCUT2D eigenvalue weighted by Gasteiger charge is 2.11. The van der Waals surface area contributed by atoms with Gasteiger partial charge < -0.3 is 10.6 Å². The van der Waals surface area contributed by atoms with E-state index in [-0.39, 0.29) is 11.6 Å². The molecule has 7 nitrogen and oxygen atoms in total. The number of carbonyl (C=O) groups excluding carboxylic acids is 1. The molecule has 114 valence electrons. The number of nitrogens with zero attached hydrogens (tertiary/aromatic N) is 2. The molecule has 2 rings (SSSR count). The van der Waals surface area contributed by atoms with E-state index in [0.29, 0.717) is 30.8 Å². The molecule has 2 aromatic rings. The smallest absolute Gasteiger partial charge is 0.273 e. The Morgan fingerprint density at radius 3 is 2.73 bits per heavy atom. The van der Waals surface area contributed by atoms with Gasteiger partial charge in [0.25, 0.3) is 11.6 Å². The predicted molar refractivity (Wildman–Crippen MR) is 81.4 cm³/mol. The first-order valence-corrected chi connectivity index (χ1v) is 6.79.